The van der Waals surface area contributed by atoms with Crippen molar-refractivity contribution < 1.29 is 4.74 Å². The number of aromatic amines is 2. The van der Waals surface area contributed by atoms with Crippen molar-refractivity contribution in [3.63, 3.8) is 0 Å². The minimum absolute atomic E-state index is 0. The Kier molecular flexibility index (Phi) is 4.55. The van der Waals surface area contributed by atoms with Gasteiger partial charge >= 0.3 is 0 Å². The first-order chi connectivity index (χ1) is 11.6. The Bertz CT molecular complexity index is 1130. The molecule has 1 aliphatic rings. The molecule has 0 amide bonds. The fourth-order valence-electron chi connectivity index (χ4n) is 3.07. The summed E-state index contributed by atoms with van der Waals surface area (Å²) < 4.78 is 5.54. The molecule has 0 aliphatic carbocycles. The number of methoxy groups -OCH3 is 1. The average Bonchev–Trinajstić information content (AvgIpc) is 3.24. The molecule has 4 nitrogen and oxygen atoms in total. The van der Waals surface area contributed by atoms with Crippen molar-refractivity contribution in [1.82, 2.24) is 9.97 Å². The molecule has 0 saturated heterocycles. The van der Waals surface area contributed by atoms with Gasteiger partial charge in [0.25, 0.3) is 0 Å². The number of halogens is 1. The molecule has 0 fully saturated rings. The van der Waals surface area contributed by atoms with E-state index in [1.807, 2.05) is 24.3 Å². The van der Waals surface area contributed by atoms with Crippen LogP contribution in [0.4, 0.5) is 0 Å². The maximum atomic E-state index is 5.54. The lowest BCUT2D eigenvalue weighted by molar-refractivity contribution is 0.412. The summed E-state index contributed by atoms with van der Waals surface area (Å²) in [5.41, 5.74) is 4.37. The average molecular weight is 354 g/mol. The third-order valence-electron chi connectivity index (χ3n) is 4.25. The number of hydrogen-bond donors (Lipinski definition) is 2. The predicted molar refractivity (Wildman–Crippen MR) is 103 cm³/mol. The van der Waals surface area contributed by atoms with Gasteiger partial charge in [-0.1, -0.05) is 18.2 Å². The van der Waals surface area contributed by atoms with Crippen LogP contribution in [0, 0.1) is 13.8 Å². The van der Waals surface area contributed by atoms with E-state index in [0.29, 0.717) is 0 Å². The topological polar surface area (TPSA) is 53.2 Å². The molecule has 0 radical (unpaired) electrons. The van der Waals surface area contributed by atoms with Crippen LogP contribution in [0.5, 0.6) is 5.75 Å². The monoisotopic (exact) mass is 353 g/mol. The van der Waals surface area contributed by atoms with Crippen LogP contribution in [0.2, 0.25) is 0 Å². The number of rotatable bonds is 2. The lowest BCUT2D eigenvalue weighted by Gasteiger charge is -1.94. The van der Waals surface area contributed by atoms with E-state index in [9.17, 15) is 0 Å². The Balaban J connectivity index is 0.00000182. The largest absolute Gasteiger partial charge is 0.494 e. The quantitative estimate of drug-likeness (QED) is 0.719. The smallest absolute Gasteiger partial charge is 0.144 e. The minimum Gasteiger partial charge on any atom is -0.494 e. The predicted octanol–water partition coefficient (Wildman–Crippen LogP) is 1.44. The molecule has 3 heterocycles. The molecule has 1 aliphatic heterocycles. The van der Waals surface area contributed by atoms with Crippen LogP contribution in [0.25, 0.3) is 17.8 Å². The Morgan fingerprint density at radius 2 is 1.88 bits per heavy atom. The highest BCUT2D eigenvalue weighted by atomic mass is 35.5. The molecule has 1 aromatic carbocycles. The zero-order chi connectivity index (χ0) is 16.7. The second-order valence-corrected chi connectivity index (χ2v) is 6.06. The molecule has 0 atom stereocenters. The molecule has 4 rings (SSSR count). The maximum absolute atomic E-state index is 5.54. The van der Waals surface area contributed by atoms with E-state index in [0.717, 1.165) is 44.1 Å². The lowest BCUT2D eigenvalue weighted by Crippen LogP contribution is -2.19. The first-order valence-electron chi connectivity index (χ1n) is 7.95. The van der Waals surface area contributed by atoms with Gasteiger partial charge in [0, 0.05) is 22.7 Å². The van der Waals surface area contributed by atoms with E-state index in [-0.39, 0.29) is 12.4 Å². The van der Waals surface area contributed by atoms with E-state index in [1.165, 1.54) is 5.56 Å². The van der Waals surface area contributed by atoms with Crippen LogP contribution >= 0.6 is 12.4 Å². The standard InChI is InChI=1S/C20H19N3O.ClH/c1-12-8-13(2)21-16(12)10-19-20(24-3)11-18(23-19)17-9-14-6-4-5-7-15(14)22-17;/h4-11,21,23H,1-3H3;1H/b18-17+,19-10-;. The van der Waals surface area contributed by atoms with Crippen molar-refractivity contribution in [2.45, 2.75) is 13.8 Å². The zero-order valence-corrected chi connectivity index (χ0v) is 15.2. The van der Waals surface area contributed by atoms with Gasteiger partial charge in [0.05, 0.1) is 28.9 Å². The van der Waals surface area contributed by atoms with Crippen LogP contribution in [-0.4, -0.2) is 17.1 Å². The van der Waals surface area contributed by atoms with Crippen LogP contribution in [0.3, 0.4) is 0 Å². The van der Waals surface area contributed by atoms with Crippen LogP contribution in [-0.2, 0) is 0 Å². The van der Waals surface area contributed by atoms with Crippen molar-refractivity contribution in [3.05, 3.63) is 74.6 Å². The highest BCUT2D eigenvalue weighted by Gasteiger charge is 2.06. The Labute approximate surface area is 151 Å². The number of nitrogens with zero attached hydrogens (tertiary/aromatic N) is 1. The summed E-state index contributed by atoms with van der Waals surface area (Å²) in [4.78, 5) is 11.5. The van der Waals surface area contributed by atoms with Gasteiger partial charge in [0.1, 0.15) is 5.75 Å². The number of hydrogen-bond acceptors (Lipinski definition) is 2. The zero-order valence-electron chi connectivity index (χ0n) is 14.4. The Hall–Kier alpha value is -2.72. The van der Waals surface area contributed by atoms with Crippen LogP contribution in [0.15, 0.2) is 41.4 Å². The third kappa shape index (κ3) is 3.13. The highest BCUT2D eigenvalue weighted by molar-refractivity contribution is 5.85. The third-order valence-corrected chi connectivity index (χ3v) is 4.25. The first kappa shape index (κ1) is 17.1. The van der Waals surface area contributed by atoms with Gasteiger partial charge in [0.2, 0.25) is 0 Å². The number of nitrogens with one attached hydrogen (secondary N) is 2. The number of fused-ring (bicyclic) bond motifs is 1. The summed E-state index contributed by atoms with van der Waals surface area (Å²) in [5, 5.41) is 4.03. The number of aromatic nitrogens is 2. The second-order valence-electron chi connectivity index (χ2n) is 6.06. The van der Waals surface area contributed by atoms with Gasteiger partial charge in [-0.05, 0) is 43.7 Å². The molecule has 0 bridgehead atoms. The van der Waals surface area contributed by atoms with Crippen molar-refractivity contribution in [2.75, 3.05) is 7.11 Å². The molecule has 2 N–H and O–H groups in total. The van der Waals surface area contributed by atoms with E-state index in [1.54, 1.807) is 7.11 Å². The number of ether oxygens (including phenoxy) is 1. The molecule has 3 aromatic rings. The molecule has 0 spiro atoms. The molecule has 2 aromatic heterocycles. The number of benzene rings is 1. The van der Waals surface area contributed by atoms with E-state index in [2.05, 4.69) is 48.1 Å². The fraction of sp³-hybridized carbons (Fsp3) is 0.150. The SMILES string of the molecule is COc1c/c(=C2/C=c3ccccc3=N2)[nH]/c1=C\c1[nH]c(C)cc1C.Cl. The molecular weight excluding hydrogens is 334 g/mol. The number of aryl methyl sites for hydroxylation is 2. The second kappa shape index (κ2) is 6.65. The summed E-state index contributed by atoms with van der Waals surface area (Å²) in [5.74, 6) is 0.809. The molecule has 5 heteroatoms. The van der Waals surface area contributed by atoms with Gasteiger partial charge in [-0.2, -0.15) is 0 Å². The summed E-state index contributed by atoms with van der Waals surface area (Å²) >= 11 is 0. The van der Waals surface area contributed by atoms with Gasteiger partial charge in [0.15, 0.2) is 0 Å². The van der Waals surface area contributed by atoms with Crippen LogP contribution in [0.1, 0.15) is 17.0 Å². The first-order valence-corrected chi connectivity index (χ1v) is 7.95. The molecule has 25 heavy (non-hydrogen) atoms. The van der Waals surface area contributed by atoms with Gasteiger partial charge in [-0.3, -0.25) is 0 Å². The molecule has 128 valence electrons. The summed E-state index contributed by atoms with van der Waals surface area (Å²) in [6.07, 6.45) is 4.17. The normalized spacial score (nSPS) is 15.2. The van der Waals surface area contributed by atoms with Gasteiger partial charge in [-0.15, -0.1) is 12.4 Å². The lowest BCUT2D eigenvalue weighted by atomic mass is 10.2. The Morgan fingerprint density at radius 3 is 2.56 bits per heavy atom. The Morgan fingerprint density at radius 1 is 1.08 bits per heavy atom. The minimum atomic E-state index is 0. The van der Waals surface area contributed by atoms with Crippen molar-refractivity contribution in [1.29, 1.82) is 0 Å². The summed E-state index contributed by atoms with van der Waals surface area (Å²) in [7, 11) is 1.69. The van der Waals surface area contributed by atoms with Crippen molar-refractivity contribution in [2.24, 2.45) is 4.99 Å². The number of para-hydroxylation sites is 1. The molecule has 0 unspecified atom stereocenters. The summed E-state index contributed by atoms with van der Waals surface area (Å²) in [6.45, 7) is 4.15. The van der Waals surface area contributed by atoms with Crippen LogP contribution < -0.4 is 26.0 Å². The van der Waals surface area contributed by atoms with Gasteiger partial charge in [-0.25, -0.2) is 4.99 Å². The summed E-state index contributed by atoms with van der Waals surface area (Å²) in [6, 6.07) is 12.3. The highest BCUT2D eigenvalue weighted by Crippen LogP contribution is 2.10. The van der Waals surface area contributed by atoms with Gasteiger partial charge < -0.3 is 14.7 Å². The fourth-order valence-corrected chi connectivity index (χ4v) is 3.07. The van der Waals surface area contributed by atoms with E-state index >= 15 is 0 Å². The van der Waals surface area contributed by atoms with E-state index in [4.69, 9.17) is 9.73 Å². The van der Waals surface area contributed by atoms with Crippen molar-refractivity contribution in [3.8, 4) is 5.75 Å². The molecule has 0 saturated carbocycles. The maximum Gasteiger partial charge on any atom is 0.144 e. The number of H-pyrrole nitrogens is 2. The molecular formula is C20H20ClN3O. The van der Waals surface area contributed by atoms with E-state index < -0.39 is 0 Å². The van der Waals surface area contributed by atoms with Crippen molar-refractivity contribution >= 4 is 30.3 Å².